The Bertz CT molecular complexity index is 383. The Labute approximate surface area is 118 Å². The lowest BCUT2D eigenvalue weighted by atomic mass is 10.0. The zero-order valence-corrected chi connectivity index (χ0v) is 13.1. The van der Waals surface area contributed by atoms with E-state index in [-0.39, 0.29) is 6.61 Å². The molecule has 0 atom stereocenters. The van der Waals surface area contributed by atoms with Crippen LogP contribution in [0.5, 0.6) is 0 Å². The molecule has 0 aliphatic heterocycles. The van der Waals surface area contributed by atoms with E-state index in [2.05, 4.69) is 57.7 Å². The van der Waals surface area contributed by atoms with Gasteiger partial charge in [0.05, 0.1) is 6.61 Å². The fourth-order valence-electron chi connectivity index (χ4n) is 2.69. The molecule has 1 aromatic rings. The molecular formula is C17H29NO. The highest BCUT2D eigenvalue weighted by molar-refractivity contribution is 5.55. The number of nitrogens with zero attached hydrogens (tertiary/aromatic N) is 1. The van der Waals surface area contributed by atoms with Gasteiger partial charge in [-0.2, -0.15) is 0 Å². The predicted octanol–water partition coefficient (Wildman–Crippen LogP) is 4.14. The van der Waals surface area contributed by atoms with Gasteiger partial charge in [-0.3, -0.25) is 0 Å². The highest BCUT2D eigenvalue weighted by Crippen LogP contribution is 2.27. The number of aryl methyl sites for hydroxylation is 1. The molecule has 0 aliphatic carbocycles. The molecule has 0 amide bonds. The maximum Gasteiger partial charge on any atom is 0.0702 e. The zero-order chi connectivity index (χ0) is 14.4. The van der Waals surface area contributed by atoms with Crippen LogP contribution in [0.3, 0.4) is 0 Å². The number of hydrogen-bond donors (Lipinski definition) is 1. The fourth-order valence-corrected chi connectivity index (χ4v) is 2.69. The van der Waals surface area contributed by atoms with Gasteiger partial charge in [0.1, 0.15) is 0 Å². The summed E-state index contributed by atoms with van der Waals surface area (Å²) in [7, 11) is 0. The van der Waals surface area contributed by atoms with Gasteiger partial charge in [0.15, 0.2) is 0 Å². The second kappa shape index (κ2) is 7.54. The van der Waals surface area contributed by atoms with Crippen molar-refractivity contribution in [2.75, 3.05) is 11.4 Å². The lowest BCUT2D eigenvalue weighted by Gasteiger charge is -2.35. The van der Waals surface area contributed by atoms with E-state index in [0.29, 0.717) is 12.0 Å². The number of anilines is 1. The van der Waals surface area contributed by atoms with Gasteiger partial charge in [0.2, 0.25) is 0 Å². The van der Waals surface area contributed by atoms with E-state index in [1.54, 1.807) is 0 Å². The quantitative estimate of drug-likeness (QED) is 0.799. The van der Waals surface area contributed by atoms with Gasteiger partial charge >= 0.3 is 0 Å². The van der Waals surface area contributed by atoms with Gasteiger partial charge in [-0.05, 0) is 31.7 Å². The van der Waals surface area contributed by atoms with E-state index in [1.807, 2.05) is 0 Å². The summed E-state index contributed by atoms with van der Waals surface area (Å²) in [6, 6.07) is 6.96. The molecule has 0 heterocycles. The van der Waals surface area contributed by atoms with Crippen molar-refractivity contribution >= 4 is 5.69 Å². The van der Waals surface area contributed by atoms with E-state index >= 15 is 0 Å². The van der Waals surface area contributed by atoms with Crippen LogP contribution >= 0.6 is 0 Å². The van der Waals surface area contributed by atoms with Gasteiger partial charge in [-0.25, -0.2) is 0 Å². The Morgan fingerprint density at radius 1 is 1.16 bits per heavy atom. The van der Waals surface area contributed by atoms with Gasteiger partial charge in [-0.15, -0.1) is 0 Å². The van der Waals surface area contributed by atoms with Crippen LogP contribution in [0.1, 0.15) is 51.7 Å². The standard InChI is InChI=1S/C17H29NO/c1-6-16(7-2)18(11-13(3)4)17-9-8-14(5)10-15(17)12-19/h8-10,13,16,19H,6-7,11-12H2,1-5H3. The molecule has 0 fully saturated rings. The Morgan fingerprint density at radius 3 is 2.26 bits per heavy atom. The molecule has 0 saturated carbocycles. The third-order valence-corrected chi connectivity index (χ3v) is 3.66. The number of benzene rings is 1. The van der Waals surface area contributed by atoms with E-state index < -0.39 is 0 Å². The normalized spacial score (nSPS) is 11.4. The minimum Gasteiger partial charge on any atom is -0.392 e. The van der Waals surface area contributed by atoms with Crippen molar-refractivity contribution in [3.63, 3.8) is 0 Å². The Hall–Kier alpha value is -1.02. The van der Waals surface area contributed by atoms with Crippen molar-refractivity contribution in [3.05, 3.63) is 29.3 Å². The molecule has 0 spiro atoms. The highest BCUT2D eigenvalue weighted by atomic mass is 16.3. The van der Waals surface area contributed by atoms with E-state index in [1.165, 1.54) is 11.3 Å². The SMILES string of the molecule is CCC(CC)N(CC(C)C)c1ccc(C)cc1CO. The number of rotatable bonds is 7. The molecule has 2 heteroatoms. The Kier molecular flexibility index (Phi) is 6.36. The first kappa shape index (κ1) is 16.0. The Balaban J connectivity index is 3.15. The predicted molar refractivity (Wildman–Crippen MR) is 83.7 cm³/mol. The van der Waals surface area contributed by atoms with Crippen molar-refractivity contribution in [2.24, 2.45) is 5.92 Å². The first-order valence-electron chi connectivity index (χ1n) is 7.50. The van der Waals surface area contributed by atoms with Crippen LogP contribution in [0.15, 0.2) is 18.2 Å². The molecule has 1 rings (SSSR count). The van der Waals surface area contributed by atoms with Gasteiger partial charge in [0.25, 0.3) is 0 Å². The third kappa shape index (κ3) is 4.24. The second-order valence-corrected chi connectivity index (χ2v) is 5.81. The summed E-state index contributed by atoms with van der Waals surface area (Å²) in [5, 5.41) is 9.63. The molecule has 1 aromatic carbocycles. The van der Waals surface area contributed by atoms with E-state index in [9.17, 15) is 5.11 Å². The summed E-state index contributed by atoms with van der Waals surface area (Å²) in [4.78, 5) is 2.48. The van der Waals surface area contributed by atoms with Crippen LogP contribution in [0.25, 0.3) is 0 Å². The van der Waals surface area contributed by atoms with Gasteiger partial charge < -0.3 is 10.0 Å². The Morgan fingerprint density at radius 2 is 1.79 bits per heavy atom. The first-order chi connectivity index (χ1) is 9.03. The van der Waals surface area contributed by atoms with Crippen LogP contribution in [-0.4, -0.2) is 17.7 Å². The average Bonchev–Trinajstić information content (AvgIpc) is 2.38. The van der Waals surface area contributed by atoms with Crippen molar-refractivity contribution in [3.8, 4) is 0 Å². The molecule has 0 saturated heterocycles. The molecule has 19 heavy (non-hydrogen) atoms. The highest BCUT2D eigenvalue weighted by Gasteiger charge is 2.19. The molecule has 0 radical (unpaired) electrons. The summed E-state index contributed by atoms with van der Waals surface area (Å²) in [6.45, 7) is 12.2. The molecule has 0 bridgehead atoms. The fraction of sp³-hybridized carbons (Fsp3) is 0.647. The van der Waals surface area contributed by atoms with Crippen LogP contribution in [0, 0.1) is 12.8 Å². The molecule has 1 N–H and O–H groups in total. The number of aliphatic hydroxyl groups excluding tert-OH is 1. The smallest absolute Gasteiger partial charge is 0.0702 e. The van der Waals surface area contributed by atoms with Crippen molar-refractivity contribution < 1.29 is 5.11 Å². The molecular weight excluding hydrogens is 234 g/mol. The molecule has 2 nitrogen and oxygen atoms in total. The van der Waals surface area contributed by atoms with Crippen molar-refractivity contribution in [1.29, 1.82) is 0 Å². The summed E-state index contributed by atoms with van der Waals surface area (Å²) in [5.41, 5.74) is 3.46. The molecule has 0 aliphatic rings. The maximum absolute atomic E-state index is 9.63. The second-order valence-electron chi connectivity index (χ2n) is 5.81. The summed E-state index contributed by atoms with van der Waals surface area (Å²) >= 11 is 0. The maximum atomic E-state index is 9.63. The lowest BCUT2D eigenvalue weighted by Crippen LogP contribution is -2.38. The van der Waals surface area contributed by atoms with Crippen molar-refractivity contribution in [2.45, 2.75) is 60.1 Å². The van der Waals surface area contributed by atoms with Crippen molar-refractivity contribution in [1.82, 2.24) is 0 Å². The van der Waals surface area contributed by atoms with Crippen LogP contribution < -0.4 is 4.90 Å². The summed E-state index contributed by atoms with van der Waals surface area (Å²) in [5.74, 6) is 0.619. The largest absolute Gasteiger partial charge is 0.392 e. The van der Waals surface area contributed by atoms with E-state index in [4.69, 9.17) is 0 Å². The molecule has 108 valence electrons. The first-order valence-corrected chi connectivity index (χ1v) is 7.50. The minimum absolute atomic E-state index is 0.117. The number of aliphatic hydroxyl groups is 1. The number of hydrogen-bond acceptors (Lipinski definition) is 2. The van der Waals surface area contributed by atoms with Gasteiger partial charge in [0, 0.05) is 23.8 Å². The summed E-state index contributed by atoms with van der Waals surface area (Å²) < 4.78 is 0. The monoisotopic (exact) mass is 263 g/mol. The van der Waals surface area contributed by atoms with Crippen LogP contribution in [0.2, 0.25) is 0 Å². The molecule has 0 unspecified atom stereocenters. The molecule has 0 aromatic heterocycles. The topological polar surface area (TPSA) is 23.5 Å². The van der Waals surface area contributed by atoms with Crippen LogP contribution in [-0.2, 0) is 6.61 Å². The minimum atomic E-state index is 0.117. The lowest BCUT2D eigenvalue weighted by molar-refractivity contribution is 0.281. The van der Waals surface area contributed by atoms with Gasteiger partial charge in [-0.1, -0.05) is 45.4 Å². The average molecular weight is 263 g/mol. The zero-order valence-electron chi connectivity index (χ0n) is 13.1. The van der Waals surface area contributed by atoms with Crippen LogP contribution in [0.4, 0.5) is 5.69 Å². The van der Waals surface area contributed by atoms with E-state index in [0.717, 1.165) is 24.9 Å². The summed E-state index contributed by atoms with van der Waals surface area (Å²) in [6.07, 6.45) is 2.28. The third-order valence-electron chi connectivity index (χ3n) is 3.66.